The Balaban J connectivity index is 2.00. The number of carbonyl (C=O) groups excluding carboxylic acids is 2. The van der Waals surface area contributed by atoms with E-state index in [9.17, 15) is 9.59 Å². The Morgan fingerprint density at radius 2 is 1.64 bits per heavy atom. The molecule has 4 N–H and O–H groups in total. The van der Waals surface area contributed by atoms with Crippen molar-refractivity contribution >= 4 is 17.5 Å². The normalized spacial score (nSPS) is 11.5. The second-order valence-electron chi connectivity index (χ2n) is 4.90. The van der Waals surface area contributed by atoms with E-state index < -0.39 is 5.91 Å². The lowest BCUT2D eigenvalue weighted by Crippen LogP contribution is -2.44. The largest absolute Gasteiger partial charge is 0.398 e. The highest BCUT2D eigenvalue weighted by Crippen LogP contribution is 2.19. The number of rotatable bonds is 4. The first kappa shape index (κ1) is 15.6. The number of benzene rings is 2. The number of anilines is 1. The van der Waals surface area contributed by atoms with Gasteiger partial charge >= 0.3 is 0 Å². The van der Waals surface area contributed by atoms with E-state index in [2.05, 4.69) is 10.9 Å². The van der Waals surface area contributed by atoms with Crippen LogP contribution < -0.4 is 16.6 Å². The average Bonchev–Trinajstić information content (AvgIpc) is 2.55. The quantitative estimate of drug-likeness (QED) is 0.597. The molecule has 2 aromatic carbocycles. The van der Waals surface area contributed by atoms with Crippen LogP contribution in [0.1, 0.15) is 35.2 Å². The third kappa shape index (κ3) is 3.63. The SMILES string of the molecule is CC[C@H](C(=O)NNC(=O)c1ccccc1N)c1ccccc1. The van der Waals surface area contributed by atoms with Gasteiger partial charge in [-0.15, -0.1) is 0 Å². The molecule has 2 aromatic rings. The van der Waals surface area contributed by atoms with Crippen LogP contribution in [0.15, 0.2) is 54.6 Å². The van der Waals surface area contributed by atoms with Gasteiger partial charge in [0.2, 0.25) is 5.91 Å². The molecule has 2 rings (SSSR count). The summed E-state index contributed by atoms with van der Waals surface area (Å²) in [5.41, 5.74) is 12.2. The van der Waals surface area contributed by atoms with Crippen LogP contribution in [0.2, 0.25) is 0 Å². The smallest absolute Gasteiger partial charge is 0.271 e. The molecular weight excluding hydrogens is 278 g/mol. The van der Waals surface area contributed by atoms with E-state index >= 15 is 0 Å². The minimum absolute atomic E-state index is 0.253. The first-order valence-corrected chi connectivity index (χ1v) is 7.13. The Labute approximate surface area is 129 Å². The summed E-state index contributed by atoms with van der Waals surface area (Å²) in [6.07, 6.45) is 0.638. The number of nitrogen functional groups attached to an aromatic ring is 1. The molecule has 0 aliphatic heterocycles. The molecule has 0 aromatic heterocycles. The topological polar surface area (TPSA) is 84.2 Å². The maximum Gasteiger partial charge on any atom is 0.271 e. The summed E-state index contributed by atoms with van der Waals surface area (Å²) in [6.45, 7) is 1.92. The summed E-state index contributed by atoms with van der Waals surface area (Å²) in [5.74, 6) is -1.000. The van der Waals surface area contributed by atoms with Crippen molar-refractivity contribution in [1.29, 1.82) is 0 Å². The molecule has 0 aliphatic rings. The molecule has 0 saturated heterocycles. The second kappa shape index (κ2) is 7.26. The van der Waals surface area contributed by atoms with E-state index in [1.54, 1.807) is 24.3 Å². The predicted octanol–water partition coefficient (Wildman–Crippen LogP) is 2.22. The maximum atomic E-state index is 12.2. The van der Waals surface area contributed by atoms with Gasteiger partial charge in [-0.1, -0.05) is 49.4 Å². The Morgan fingerprint density at radius 1 is 1.00 bits per heavy atom. The Bertz CT molecular complexity index is 656. The molecule has 22 heavy (non-hydrogen) atoms. The van der Waals surface area contributed by atoms with Crippen molar-refractivity contribution in [2.45, 2.75) is 19.3 Å². The van der Waals surface area contributed by atoms with Crippen molar-refractivity contribution in [3.63, 3.8) is 0 Å². The van der Waals surface area contributed by atoms with Crippen LogP contribution in [0.25, 0.3) is 0 Å². The monoisotopic (exact) mass is 297 g/mol. The fourth-order valence-corrected chi connectivity index (χ4v) is 2.23. The Hall–Kier alpha value is -2.82. The molecule has 5 heteroatoms. The minimum atomic E-state index is -0.436. The zero-order chi connectivity index (χ0) is 15.9. The number of nitrogens with two attached hydrogens (primary N) is 1. The highest BCUT2D eigenvalue weighted by atomic mass is 16.2. The van der Waals surface area contributed by atoms with E-state index in [1.165, 1.54) is 0 Å². The molecule has 0 saturated carbocycles. The summed E-state index contributed by atoms with van der Waals surface area (Å²) in [7, 11) is 0. The molecule has 0 bridgehead atoms. The van der Waals surface area contributed by atoms with Crippen LogP contribution in [0.3, 0.4) is 0 Å². The first-order valence-electron chi connectivity index (χ1n) is 7.13. The van der Waals surface area contributed by atoms with E-state index in [-0.39, 0.29) is 11.8 Å². The summed E-state index contributed by atoms with van der Waals surface area (Å²) in [5, 5.41) is 0. The number of hydrogen-bond donors (Lipinski definition) is 3. The maximum absolute atomic E-state index is 12.2. The van der Waals surface area contributed by atoms with Gasteiger partial charge in [0.15, 0.2) is 0 Å². The van der Waals surface area contributed by atoms with Gasteiger partial charge in [0, 0.05) is 5.69 Å². The highest BCUT2D eigenvalue weighted by Gasteiger charge is 2.19. The van der Waals surface area contributed by atoms with Gasteiger partial charge < -0.3 is 5.73 Å². The Morgan fingerprint density at radius 3 is 2.27 bits per heavy atom. The molecule has 5 nitrogen and oxygen atoms in total. The lowest BCUT2D eigenvalue weighted by Gasteiger charge is -2.16. The van der Waals surface area contributed by atoms with Crippen LogP contribution in [0.4, 0.5) is 5.69 Å². The third-order valence-corrected chi connectivity index (χ3v) is 3.43. The van der Waals surface area contributed by atoms with Crippen LogP contribution in [0, 0.1) is 0 Å². The number of carbonyl (C=O) groups is 2. The highest BCUT2D eigenvalue weighted by molar-refractivity contribution is 6.00. The van der Waals surface area contributed by atoms with Crippen molar-refractivity contribution in [1.82, 2.24) is 10.9 Å². The van der Waals surface area contributed by atoms with Crippen LogP contribution in [0.5, 0.6) is 0 Å². The number of hydrazine groups is 1. The molecule has 0 fully saturated rings. The molecule has 0 spiro atoms. The van der Waals surface area contributed by atoms with Gasteiger partial charge in [-0.05, 0) is 24.1 Å². The Kier molecular flexibility index (Phi) is 5.14. The number of para-hydroxylation sites is 1. The van der Waals surface area contributed by atoms with Gasteiger partial charge in [0.05, 0.1) is 11.5 Å². The van der Waals surface area contributed by atoms with E-state index in [0.717, 1.165) is 5.56 Å². The standard InChI is InChI=1S/C17H19N3O2/c1-2-13(12-8-4-3-5-9-12)16(21)19-20-17(22)14-10-6-7-11-15(14)18/h3-11,13H,2,18H2,1H3,(H,19,21)(H,20,22)/t13-/m0/s1. The van der Waals surface area contributed by atoms with E-state index in [0.29, 0.717) is 17.7 Å². The molecule has 1 atom stereocenters. The van der Waals surface area contributed by atoms with Gasteiger partial charge in [-0.2, -0.15) is 0 Å². The van der Waals surface area contributed by atoms with Gasteiger partial charge in [-0.3, -0.25) is 20.4 Å². The molecular formula is C17H19N3O2. The predicted molar refractivity (Wildman–Crippen MR) is 85.9 cm³/mol. The van der Waals surface area contributed by atoms with Crippen LogP contribution in [-0.2, 0) is 4.79 Å². The van der Waals surface area contributed by atoms with E-state index in [1.807, 2.05) is 37.3 Å². The van der Waals surface area contributed by atoms with Gasteiger partial charge in [0.25, 0.3) is 5.91 Å². The van der Waals surface area contributed by atoms with E-state index in [4.69, 9.17) is 5.73 Å². The lowest BCUT2D eigenvalue weighted by molar-refractivity contribution is -0.123. The summed E-state index contributed by atoms with van der Waals surface area (Å²) >= 11 is 0. The molecule has 0 aliphatic carbocycles. The zero-order valence-corrected chi connectivity index (χ0v) is 12.4. The van der Waals surface area contributed by atoms with Crippen molar-refractivity contribution in [2.24, 2.45) is 0 Å². The summed E-state index contributed by atoms with van der Waals surface area (Å²) in [4.78, 5) is 24.2. The van der Waals surface area contributed by atoms with Gasteiger partial charge in [-0.25, -0.2) is 0 Å². The fraction of sp³-hybridized carbons (Fsp3) is 0.176. The number of hydrogen-bond acceptors (Lipinski definition) is 3. The number of nitrogens with one attached hydrogen (secondary N) is 2. The van der Waals surface area contributed by atoms with Crippen molar-refractivity contribution in [2.75, 3.05) is 5.73 Å². The van der Waals surface area contributed by atoms with Crippen molar-refractivity contribution < 1.29 is 9.59 Å². The fourth-order valence-electron chi connectivity index (χ4n) is 2.23. The molecule has 0 unspecified atom stereocenters. The molecule has 0 radical (unpaired) electrons. The minimum Gasteiger partial charge on any atom is -0.398 e. The second-order valence-corrected chi connectivity index (χ2v) is 4.90. The van der Waals surface area contributed by atoms with Crippen LogP contribution in [-0.4, -0.2) is 11.8 Å². The number of amides is 2. The van der Waals surface area contributed by atoms with Crippen molar-refractivity contribution in [3.05, 3.63) is 65.7 Å². The zero-order valence-electron chi connectivity index (χ0n) is 12.4. The van der Waals surface area contributed by atoms with Crippen LogP contribution >= 0.6 is 0 Å². The van der Waals surface area contributed by atoms with Crippen molar-refractivity contribution in [3.8, 4) is 0 Å². The lowest BCUT2D eigenvalue weighted by atomic mass is 9.96. The molecule has 0 heterocycles. The summed E-state index contributed by atoms with van der Waals surface area (Å²) < 4.78 is 0. The first-order chi connectivity index (χ1) is 10.6. The summed E-state index contributed by atoms with van der Waals surface area (Å²) in [6, 6.07) is 16.1. The third-order valence-electron chi connectivity index (χ3n) is 3.43. The average molecular weight is 297 g/mol. The molecule has 2 amide bonds. The molecule has 114 valence electrons. The van der Waals surface area contributed by atoms with Gasteiger partial charge in [0.1, 0.15) is 0 Å².